The third-order valence-corrected chi connectivity index (χ3v) is 3.06. The topological polar surface area (TPSA) is 47.1 Å². The number of fused-ring (bicyclic) bond motifs is 1. The number of aryl methyl sites for hydroxylation is 1. The Morgan fingerprint density at radius 1 is 1.22 bits per heavy atom. The average molecular weight is 260 g/mol. The first-order valence-corrected chi connectivity index (χ1v) is 6.11. The molecule has 0 bridgehead atoms. The fourth-order valence-corrected chi connectivity index (χ4v) is 2.18. The average Bonchev–Trinajstić information content (AvgIpc) is 2.38. The minimum absolute atomic E-state index is 0.474. The largest absolute Gasteiger partial charge is 0.486 e. The summed E-state index contributed by atoms with van der Waals surface area (Å²) in [7, 11) is 0. The lowest BCUT2D eigenvalue weighted by Gasteiger charge is -2.20. The highest BCUT2D eigenvalue weighted by Crippen LogP contribution is 2.36. The summed E-state index contributed by atoms with van der Waals surface area (Å²) in [4.78, 5) is 7.06. The van der Waals surface area contributed by atoms with Crippen LogP contribution in [0, 0.1) is 11.7 Å². The van der Waals surface area contributed by atoms with Crippen LogP contribution in [0.1, 0.15) is 5.56 Å². The molecular weight excluding hydrogens is 248 g/mol. The SMILES string of the molecule is Cc1cc2c(cc1-c1ccnc(=S)[nH]1)OCCO2. The number of H-pyrrole nitrogens is 1. The molecule has 1 aromatic heterocycles. The molecule has 1 aromatic carbocycles. The van der Waals surface area contributed by atoms with Crippen molar-refractivity contribution in [3.05, 3.63) is 34.7 Å². The highest BCUT2D eigenvalue weighted by molar-refractivity contribution is 7.71. The smallest absolute Gasteiger partial charge is 0.197 e. The van der Waals surface area contributed by atoms with E-state index in [0.29, 0.717) is 18.0 Å². The van der Waals surface area contributed by atoms with Gasteiger partial charge in [-0.05, 0) is 42.9 Å². The number of aromatic nitrogens is 2. The number of aromatic amines is 1. The number of rotatable bonds is 1. The fraction of sp³-hybridized carbons (Fsp3) is 0.231. The molecule has 2 aromatic rings. The van der Waals surface area contributed by atoms with Crippen molar-refractivity contribution < 1.29 is 9.47 Å². The van der Waals surface area contributed by atoms with E-state index in [0.717, 1.165) is 28.3 Å². The van der Waals surface area contributed by atoms with Crippen LogP contribution in [0.2, 0.25) is 0 Å². The van der Waals surface area contributed by atoms with Crippen molar-refractivity contribution in [2.45, 2.75) is 6.92 Å². The Morgan fingerprint density at radius 3 is 2.67 bits per heavy atom. The van der Waals surface area contributed by atoms with E-state index in [1.54, 1.807) is 6.20 Å². The second-order valence-electron chi connectivity index (χ2n) is 4.10. The Hall–Kier alpha value is -1.88. The zero-order valence-corrected chi connectivity index (χ0v) is 10.7. The van der Waals surface area contributed by atoms with Crippen LogP contribution in [-0.4, -0.2) is 23.2 Å². The van der Waals surface area contributed by atoms with Gasteiger partial charge < -0.3 is 14.5 Å². The van der Waals surface area contributed by atoms with Crippen LogP contribution in [0.3, 0.4) is 0 Å². The summed E-state index contributed by atoms with van der Waals surface area (Å²) in [5.41, 5.74) is 3.09. The van der Waals surface area contributed by atoms with Gasteiger partial charge in [0.15, 0.2) is 16.3 Å². The minimum atomic E-state index is 0.474. The predicted molar refractivity (Wildman–Crippen MR) is 70.6 cm³/mol. The first kappa shape index (κ1) is 11.2. The number of nitrogens with zero attached hydrogens (tertiary/aromatic N) is 1. The molecule has 5 heteroatoms. The molecule has 0 saturated carbocycles. The molecule has 0 fully saturated rings. The standard InChI is InChI=1S/C13H12N2O2S/c1-8-6-11-12(17-5-4-16-11)7-9(8)10-2-3-14-13(18)15-10/h2-3,6-7H,4-5H2,1H3,(H,14,15,18). The summed E-state index contributed by atoms with van der Waals surface area (Å²) >= 11 is 5.04. The molecule has 0 aliphatic carbocycles. The van der Waals surface area contributed by atoms with E-state index in [4.69, 9.17) is 21.7 Å². The Balaban J connectivity index is 2.15. The fourth-order valence-electron chi connectivity index (χ4n) is 2.01. The van der Waals surface area contributed by atoms with Crippen molar-refractivity contribution >= 4 is 12.2 Å². The molecule has 0 saturated heterocycles. The lowest BCUT2D eigenvalue weighted by atomic mass is 10.0. The molecule has 0 amide bonds. The maximum Gasteiger partial charge on any atom is 0.197 e. The van der Waals surface area contributed by atoms with Gasteiger partial charge in [0, 0.05) is 17.5 Å². The van der Waals surface area contributed by atoms with E-state index < -0.39 is 0 Å². The summed E-state index contributed by atoms with van der Waals surface area (Å²) in [5.74, 6) is 1.58. The van der Waals surface area contributed by atoms with Gasteiger partial charge in [-0.25, -0.2) is 4.98 Å². The second-order valence-corrected chi connectivity index (χ2v) is 4.49. The molecule has 2 heterocycles. The molecular formula is C13H12N2O2S. The van der Waals surface area contributed by atoms with Crippen LogP contribution in [0.4, 0.5) is 0 Å². The summed E-state index contributed by atoms with van der Waals surface area (Å²) in [5, 5.41) is 0. The lowest BCUT2D eigenvalue weighted by molar-refractivity contribution is 0.171. The van der Waals surface area contributed by atoms with E-state index in [2.05, 4.69) is 9.97 Å². The van der Waals surface area contributed by atoms with Gasteiger partial charge in [0.05, 0.1) is 0 Å². The molecule has 0 radical (unpaired) electrons. The number of hydrogen-bond acceptors (Lipinski definition) is 4. The molecule has 1 aliphatic heterocycles. The van der Waals surface area contributed by atoms with Crippen LogP contribution in [0.15, 0.2) is 24.4 Å². The Labute approximate surface area is 110 Å². The molecule has 0 unspecified atom stereocenters. The third kappa shape index (κ3) is 1.97. The Kier molecular flexibility index (Phi) is 2.76. The van der Waals surface area contributed by atoms with Gasteiger partial charge in [-0.2, -0.15) is 0 Å². The monoisotopic (exact) mass is 260 g/mol. The normalized spacial score (nSPS) is 13.4. The maximum absolute atomic E-state index is 5.59. The van der Waals surface area contributed by atoms with Crippen LogP contribution in [0.5, 0.6) is 11.5 Å². The van der Waals surface area contributed by atoms with E-state index in [-0.39, 0.29) is 0 Å². The zero-order valence-electron chi connectivity index (χ0n) is 9.90. The van der Waals surface area contributed by atoms with Crippen molar-refractivity contribution in [1.82, 2.24) is 9.97 Å². The molecule has 4 nitrogen and oxygen atoms in total. The van der Waals surface area contributed by atoms with Gasteiger partial charge in [-0.15, -0.1) is 0 Å². The zero-order chi connectivity index (χ0) is 12.5. The molecule has 0 atom stereocenters. The number of benzene rings is 1. The van der Waals surface area contributed by atoms with Crippen LogP contribution in [-0.2, 0) is 0 Å². The maximum atomic E-state index is 5.59. The van der Waals surface area contributed by atoms with Crippen molar-refractivity contribution in [2.75, 3.05) is 13.2 Å². The number of ether oxygens (including phenoxy) is 2. The Bertz CT molecular complexity index is 652. The molecule has 18 heavy (non-hydrogen) atoms. The van der Waals surface area contributed by atoms with Crippen LogP contribution < -0.4 is 9.47 Å². The van der Waals surface area contributed by atoms with Crippen molar-refractivity contribution in [3.8, 4) is 22.8 Å². The highest BCUT2D eigenvalue weighted by atomic mass is 32.1. The molecule has 92 valence electrons. The van der Waals surface area contributed by atoms with E-state index in [1.165, 1.54) is 0 Å². The van der Waals surface area contributed by atoms with Crippen LogP contribution in [0.25, 0.3) is 11.3 Å². The van der Waals surface area contributed by atoms with Gasteiger partial charge in [-0.1, -0.05) is 0 Å². The number of nitrogens with one attached hydrogen (secondary N) is 1. The first-order chi connectivity index (χ1) is 8.74. The van der Waals surface area contributed by atoms with Crippen LogP contribution >= 0.6 is 12.2 Å². The first-order valence-electron chi connectivity index (χ1n) is 5.70. The molecule has 3 rings (SSSR count). The van der Waals surface area contributed by atoms with Gasteiger partial charge in [0.2, 0.25) is 0 Å². The van der Waals surface area contributed by atoms with E-state index in [9.17, 15) is 0 Å². The summed E-state index contributed by atoms with van der Waals surface area (Å²) in [6, 6.07) is 5.86. The van der Waals surface area contributed by atoms with Crippen molar-refractivity contribution in [1.29, 1.82) is 0 Å². The second kappa shape index (κ2) is 4.42. The van der Waals surface area contributed by atoms with Gasteiger partial charge in [-0.3, -0.25) is 0 Å². The predicted octanol–water partition coefficient (Wildman–Crippen LogP) is 2.89. The summed E-state index contributed by atoms with van der Waals surface area (Å²) < 4.78 is 11.6. The van der Waals surface area contributed by atoms with Gasteiger partial charge in [0.25, 0.3) is 0 Å². The molecule has 1 N–H and O–H groups in total. The molecule has 1 aliphatic rings. The lowest BCUT2D eigenvalue weighted by Crippen LogP contribution is -2.15. The third-order valence-electron chi connectivity index (χ3n) is 2.85. The van der Waals surface area contributed by atoms with Gasteiger partial charge >= 0.3 is 0 Å². The summed E-state index contributed by atoms with van der Waals surface area (Å²) in [6.07, 6.45) is 1.70. The summed E-state index contributed by atoms with van der Waals surface area (Å²) in [6.45, 7) is 3.22. The van der Waals surface area contributed by atoms with Crippen molar-refractivity contribution in [2.24, 2.45) is 0 Å². The minimum Gasteiger partial charge on any atom is -0.486 e. The number of hydrogen-bond donors (Lipinski definition) is 1. The van der Waals surface area contributed by atoms with Crippen molar-refractivity contribution in [3.63, 3.8) is 0 Å². The Morgan fingerprint density at radius 2 is 1.94 bits per heavy atom. The van der Waals surface area contributed by atoms with Gasteiger partial charge in [0.1, 0.15) is 13.2 Å². The quantitative estimate of drug-likeness (QED) is 0.801. The van der Waals surface area contributed by atoms with E-state index >= 15 is 0 Å². The van der Waals surface area contributed by atoms with E-state index in [1.807, 2.05) is 25.1 Å². The highest BCUT2D eigenvalue weighted by Gasteiger charge is 2.15. The molecule has 0 spiro atoms.